The van der Waals surface area contributed by atoms with Gasteiger partial charge in [-0.15, -0.1) is 0 Å². The van der Waals surface area contributed by atoms with Crippen molar-refractivity contribution in [2.24, 2.45) is 11.8 Å². The summed E-state index contributed by atoms with van der Waals surface area (Å²) in [7, 11) is -3.62. The highest BCUT2D eigenvalue weighted by Crippen LogP contribution is 2.32. The molecule has 0 spiro atoms. The molecule has 1 amide bonds. The van der Waals surface area contributed by atoms with Crippen LogP contribution in [-0.2, 0) is 14.8 Å². The molecule has 2 aliphatic rings. The maximum atomic E-state index is 12.7. The molecule has 3 rings (SSSR count). The molecule has 3 unspecified atom stereocenters. The molecule has 1 fully saturated rings. The summed E-state index contributed by atoms with van der Waals surface area (Å²) in [6.45, 7) is 4.21. The van der Waals surface area contributed by atoms with Gasteiger partial charge in [-0.2, -0.15) is 0 Å². The number of carbonyl (C=O) groups excluding carboxylic acids is 1. The third kappa shape index (κ3) is 3.35. The topological polar surface area (TPSA) is 84.5 Å². The van der Waals surface area contributed by atoms with E-state index >= 15 is 0 Å². The minimum Gasteiger partial charge on any atom is -0.482 e. The van der Waals surface area contributed by atoms with Crippen LogP contribution in [0.3, 0.4) is 0 Å². The van der Waals surface area contributed by atoms with Crippen molar-refractivity contribution in [1.82, 2.24) is 4.72 Å². The minimum absolute atomic E-state index is 0.0468. The number of ether oxygens (including phenoxy) is 1. The lowest BCUT2D eigenvalue weighted by Crippen LogP contribution is -2.43. The summed E-state index contributed by atoms with van der Waals surface area (Å²) >= 11 is 0. The molecule has 1 aliphatic heterocycles. The van der Waals surface area contributed by atoms with E-state index in [1.807, 2.05) is 0 Å². The summed E-state index contributed by atoms with van der Waals surface area (Å²) in [5, 5.41) is 2.64. The van der Waals surface area contributed by atoms with Gasteiger partial charge in [-0.05, 0) is 36.5 Å². The van der Waals surface area contributed by atoms with Crippen LogP contribution in [0.4, 0.5) is 5.69 Å². The fourth-order valence-electron chi connectivity index (χ4n) is 3.25. The molecule has 0 radical (unpaired) electrons. The molecular formula is C16H22N2O4S. The quantitative estimate of drug-likeness (QED) is 0.884. The van der Waals surface area contributed by atoms with Crippen molar-refractivity contribution in [3.05, 3.63) is 18.2 Å². The number of hydrogen-bond donors (Lipinski definition) is 2. The Kier molecular flexibility index (Phi) is 4.33. The predicted molar refractivity (Wildman–Crippen MR) is 86.9 cm³/mol. The molecule has 6 nitrogen and oxygen atoms in total. The number of amides is 1. The van der Waals surface area contributed by atoms with Gasteiger partial charge in [-0.3, -0.25) is 4.79 Å². The van der Waals surface area contributed by atoms with Crippen LogP contribution in [0.15, 0.2) is 23.1 Å². The van der Waals surface area contributed by atoms with Gasteiger partial charge in [0.1, 0.15) is 5.75 Å². The number of anilines is 1. The van der Waals surface area contributed by atoms with Crippen LogP contribution in [0.5, 0.6) is 5.75 Å². The molecule has 0 saturated heterocycles. The van der Waals surface area contributed by atoms with Crippen molar-refractivity contribution >= 4 is 21.6 Å². The lowest BCUT2D eigenvalue weighted by Gasteiger charge is -2.34. The molecule has 7 heteroatoms. The number of hydrogen-bond acceptors (Lipinski definition) is 4. The van der Waals surface area contributed by atoms with Crippen molar-refractivity contribution in [3.8, 4) is 5.75 Å². The second kappa shape index (κ2) is 6.13. The monoisotopic (exact) mass is 338 g/mol. The zero-order valence-electron chi connectivity index (χ0n) is 13.3. The van der Waals surface area contributed by atoms with Gasteiger partial charge in [0.25, 0.3) is 5.91 Å². The van der Waals surface area contributed by atoms with Crippen LogP contribution in [0.2, 0.25) is 0 Å². The molecule has 2 N–H and O–H groups in total. The predicted octanol–water partition coefficient (Wildman–Crippen LogP) is 2.12. The van der Waals surface area contributed by atoms with Gasteiger partial charge >= 0.3 is 0 Å². The summed E-state index contributed by atoms with van der Waals surface area (Å²) in [4.78, 5) is 11.5. The van der Waals surface area contributed by atoms with Crippen molar-refractivity contribution in [3.63, 3.8) is 0 Å². The van der Waals surface area contributed by atoms with Gasteiger partial charge in [0, 0.05) is 6.04 Å². The van der Waals surface area contributed by atoms with Crippen molar-refractivity contribution in [1.29, 1.82) is 0 Å². The van der Waals surface area contributed by atoms with E-state index in [2.05, 4.69) is 23.9 Å². The molecule has 1 heterocycles. The number of rotatable bonds is 3. The van der Waals surface area contributed by atoms with Crippen molar-refractivity contribution < 1.29 is 17.9 Å². The molecule has 1 aliphatic carbocycles. The van der Waals surface area contributed by atoms with E-state index in [9.17, 15) is 13.2 Å². The largest absolute Gasteiger partial charge is 0.482 e. The SMILES string of the molecule is CC1CCCC(NS(=O)(=O)c2ccc3c(c2)NC(=O)CO3)C1C. The van der Waals surface area contributed by atoms with Crippen LogP contribution < -0.4 is 14.8 Å². The van der Waals surface area contributed by atoms with Crippen LogP contribution in [0.1, 0.15) is 33.1 Å². The Bertz CT molecular complexity index is 717. The first-order chi connectivity index (χ1) is 10.9. The Labute approximate surface area is 136 Å². The van der Waals surface area contributed by atoms with Gasteiger partial charge in [-0.1, -0.05) is 26.7 Å². The maximum Gasteiger partial charge on any atom is 0.262 e. The highest BCUT2D eigenvalue weighted by Gasteiger charge is 2.31. The van der Waals surface area contributed by atoms with Crippen LogP contribution in [0, 0.1) is 11.8 Å². The van der Waals surface area contributed by atoms with Crippen LogP contribution in [-0.4, -0.2) is 27.0 Å². The van der Waals surface area contributed by atoms with E-state index in [0.29, 0.717) is 23.3 Å². The molecule has 0 aromatic heterocycles. The minimum atomic E-state index is -3.62. The second-order valence-electron chi connectivity index (χ2n) is 6.49. The van der Waals surface area contributed by atoms with Crippen LogP contribution >= 0.6 is 0 Å². The highest BCUT2D eigenvalue weighted by molar-refractivity contribution is 7.89. The first-order valence-electron chi connectivity index (χ1n) is 7.96. The first kappa shape index (κ1) is 16.3. The number of nitrogens with one attached hydrogen (secondary N) is 2. The molecule has 23 heavy (non-hydrogen) atoms. The smallest absolute Gasteiger partial charge is 0.262 e. The molecular weight excluding hydrogens is 316 g/mol. The Balaban J connectivity index is 1.82. The third-order valence-corrected chi connectivity index (χ3v) is 6.40. The summed E-state index contributed by atoms with van der Waals surface area (Å²) < 4.78 is 33.4. The van der Waals surface area contributed by atoms with Gasteiger partial charge in [0.05, 0.1) is 10.6 Å². The van der Waals surface area contributed by atoms with Gasteiger partial charge in [0.2, 0.25) is 10.0 Å². The van der Waals surface area contributed by atoms with E-state index in [4.69, 9.17) is 4.74 Å². The number of fused-ring (bicyclic) bond motifs is 1. The number of benzene rings is 1. The van der Waals surface area contributed by atoms with Gasteiger partial charge in [0.15, 0.2) is 6.61 Å². The maximum absolute atomic E-state index is 12.7. The highest BCUT2D eigenvalue weighted by atomic mass is 32.2. The number of sulfonamides is 1. The van der Waals surface area contributed by atoms with Crippen LogP contribution in [0.25, 0.3) is 0 Å². The van der Waals surface area contributed by atoms with Crippen molar-refractivity contribution in [2.45, 2.75) is 44.0 Å². The molecule has 126 valence electrons. The third-order valence-electron chi connectivity index (χ3n) is 4.91. The number of carbonyl (C=O) groups is 1. The normalized spacial score (nSPS) is 27.7. The zero-order valence-corrected chi connectivity index (χ0v) is 14.2. The fraction of sp³-hybridized carbons (Fsp3) is 0.562. The standard InChI is InChI=1S/C16H22N2O4S/c1-10-4-3-5-13(11(10)2)18-23(20,21)12-6-7-15-14(8-12)17-16(19)9-22-15/h6-8,10-11,13,18H,3-5,9H2,1-2H3,(H,17,19). The van der Waals surface area contributed by atoms with E-state index in [1.165, 1.54) is 12.1 Å². The summed E-state index contributed by atoms with van der Waals surface area (Å²) in [5.41, 5.74) is 0.397. The average molecular weight is 338 g/mol. The fourth-order valence-corrected chi connectivity index (χ4v) is 4.63. The Hall–Kier alpha value is -1.60. The summed E-state index contributed by atoms with van der Waals surface area (Å²) in [5.74, 6) is 1.02. The first-order valence-corrected chi connectivity index (χ1v) is 9.44. The Morgan fingerprint density at radius 1 is 1.26 bits per heavy atom. The van der Waals surface area contributed by atoms with E-state index in [1.54, 1.807) is 6.07 Å². The average Bonchev–Trinajstić information content (AvgIpc) is 2.51. The lowest BCUT2D eigenvalue weighted by atomic mass is 9.78. The molecule has 0 bridgehead atoms. The Morgan fingerprint density at radius 3 is 2.83 bits per heavy atom. The summed E-state index contributed by atoms with van der Waals surface area (Å²) in [6, 6.07) is 4.49. The molecule has 1 saturated carbocycles. The van der Waals surface area contributed by atoms with Gasteiger partial charge in [-0.25, -0.2) is 13.1 Å². The molecule has 1 aromatic carbocycles. The summed E-state index contributed by atoms with van der Waals surface area (Å²) in [6.07, 6.45) is 3.03. The molecule has 1 aromatic rings. The zero-order chi connectivity index (χ0) is 16.6. The van der Waals surface area contributed by atoms with Crippen molar-refractivity contribution in [2.75, 3.05) is 11.9 Å². The lowest BCUT2D eigenvalue weighted by molar-refractivity contribution is -0.118. The van der Waals surface area contributed by atoms with Gasteiger partial charge < -0.3 is 10.1 Å². The van der Waals surface area contributed by atoms with E-state index in [0.717, 1.165) is 19.3 Å². The van der Waals surface area contributed by atoms with E-state index in [-0.39, 0.29) is 23.5 Å². The van der Waals surface area contributed by atoms with E-state index < -0.39 is 10.0 Å². The Morgan fingerprint density at radius 2 is 2.04 bits per heavy atom. The molecule has 3 atom stereocenters. The second-order valence-corrected chi connectivity index (χ2v) is 8.20.